The molecule has 1 aromatic carbocycles. The minimum Gasteiger partial charge on any atom is -0.497 e. The van der Waals surface area contributed by atoms with Crippen LogP contribution >= 0.6 is 0 Å². The number of hydrogen-bond donors (Lipinski definition) is 1. The monoisotopic (exact) mass is 538 g/mol. The third kappa shape index (κ3) is 7.65. The standard InChI is InChI=1S/C30H42N4O5/c1-19(32-27(37-10)26-22-13-14-30(6,7)18-24(22)34(8)33-26)21-11-12-25(23(17-21)20(2)36-9)38-16-15-31-28(35)39-29(3,4)5/h11-12,17H,1-2,13-16,18H2,3-10H3,(H,31,35). The Bertz CT molecular complexity index is 1270. The molecule has 1 N–H and O–H groups in total. The number of benzene rings is 1. The Kier molecular flexibility index (Phi) is 9.14. The number of carbonyl (C=O) groups is 1. The number of rotatable bonds is 9. The number of aromatic nitrogens is 2. The number of carbonyl (C=O) groups excluding carboxylic acids is 1. The van der Waals surface area contributed by atoms with Crippen LogP contribution in [0.5, 0.6) is 5.75 Å². The largest absolute Gasteiger partial charge is 0.497 e. The first-order valence-corrected chi connectivity index (χ1v) is 13.1. The molecule has 0 atom stereocenters. The van der Waals surface area contributed by atoms with Gasteiger partial charge in [0.2, 0.25) is 5.90 Å². The summed E-state index contributed by atoms with van der Waals surface area (Å²) in [6, 6.07) is 5.52. The second-order valence-electron chi connectivity index (χ2n) is 11.4. The van der Waals surface area contributed by atoms with E-state index >= 15 is 0 Å². The summed E-state index contributed by atoms with van der Waals surface area (Å²) in [5.74, 6) is 1.41. The van der Waals surface area contributed by atoms with Gasteiger partial charge in [-0.25, -0.2) is 9.79 Å². The molecule has 0 radical (unpaired) electrons. The van der Waals surface area contributed by atoms with Crippen molar-refractivity contribution in [2.75, 3.05) is 27.4 Å². The molecule has 212 valence electrons. The van der Waals surface area contributed by atoms with E-state index in [1.807, 2.05) is 44.6 Å². The third-order valence-corrected chi connectivity index (χ3v) is 6.49. The summed E-state index contributed by atoms with van der Waals surface area (Å²) in [6.07, 6.45) is 2.46. The summed E-state index contributed by atoms with van der Waals surface area (Å²) in [7, 11) is 5.11. The van der Waals surface area contributed by atoms with Gasteiger partial charge >= 0.3 is 6.09 Å². The number of ether oxygens (including phenoxy) is 4. The highest BCUT2D eigenvalue weighted by Crippen LogP contribution is 2.36. The molecule has 0 bridgehead atoms. The number of nitrogens with zero attached hydrogens (tertiary/aromatic N) is 3. The molecule has 39 heavy (non-hydrogen) atoms. The molecular formula is C30H42N4O5. The summed E-state index contributed by atoms with van der Waals surface area (Å²) >= 11 is 0. The average Bonchev–Trinajstić information content (AvgIpc) is 3.17. The smallest absolute Gasteiger partial charge is 0.407 e. The number of fused-ring (bicyclic) bond motifs is 1. The van der Waals surface area contributed by atoms with Crippen molar-refractivity contribution in [3.63, 3.8) is 0 Å². The van der Waals surface area contributed by atoms with E-state index in [1.54, 1.807) is 20.3 Å². The molecular weight excluding hydrogens is 496 g/mol. The van der Waals surface area contributed by atoms with Crippen molar-refractivity contribution < 1.29 is 23.7 Å². The van der Waals surface area contributed by atoms with Crippen molar-refractivity contribution in [2.45, 2.75) is 59.5 Å². The molecule has 0 aliphatic heterocycles. The number of hydrogen-bond acceptors (Lipinski definition) is 7. The van der Waals surface area contributed by atoms with Crippen molar-refractivity contribution >= 4 is 23.4 Å². The van der Waals surface area contributed by atoms with E-state index in [4.69, 9.17) is 29.0 Å². The molecule has 0 saturated carbocycles. The lowest BCUT2D eigenvalue weighted by Crippen LogP contribution is -2.34. The predicted molar refractivity (Wildman–Crippen MR) is 154 cm³/mol. The van der Waals surface area contributed by atoms with E-state index in [1.165, 1.54) is 11.3 Å². The number of methoxy groups -OCH3 is 2. The highest BCUT2D eigenvalue weighted by molar-refractivity contribution is 5.97. The highest BCUT2D eigenvalue weighted by atomic mass is 16.6. The molecule has 1 heterocycles. The Morgan fingerprint density at radius 1 is 1.21 bits per heavy atom. The fraction of sp³-hybridized carbons (Fsp3) is 0.500. The Morgan fingerprint density at radius 2 is 1.92 bits per heavy atom. The van der Waals surface area contributed by atoms with Crippen LogP contribution in [0.25, 0.3) is 11.5 Å². The molecule has 9 heteroatoms. The zero-order chi connectivity index (χ0) is 29.0. The van der Waals surface area contributed by atoms with E-state index in [2.05, 4.69) is 32.3 Å². The molecule has 0 spiro atoms. The van der Waals surface area contributed by atoms with Crippen LogP contribution in [0.3, 0.4) is 0 Å². The highest BCUT2D eigenvalue weighted by Gasteiger charge is 2.32. The van der Waals surface area contributed by atoms with Gasteiger partial charge in [0.25, 0.3) is 0 Å². The van der Waals surface area contributed by atoms with Crippen LogP contribution in [0.1, 0.15) is 69.1 Å². The van der Waals surface area contributed by atoms with Crippen LogP contribution in [0, 0.1) is 5.41 Å². The topological polar surface area (TPSA) is 96.2 Å². The van der Waals surface area contributed by atoms with E-state index in [0.717, 1.165) is 30.5 Å². The Balaban J connectivity index is 1.79. The van der Waals surface area contributed by atoms with Crippen LogP contribution in [-0.4, -0.2) is 54.7 Å². The predicted octanol–water partition coefficient (Wildman–Crippen LogP) is 5.52. The Labute approximate surface area is 231 Å². The maximum absolute atomic E-state index is 11.9. The molecule has 0 unspecified atom stereocenters. The SMILES string of the molecule is C=C(N=C(OC)c1nn(C)c2c1CCC(C)(C)C2)c1ccc(OCCNC(=O)OC(C)(C)C)c(C(=C)OC)c1. The molecule has 3 rings (SSSR count). The van der Waals surface area contributed by atoms with E-state index < -0.39 is 11.7 Å². The number of amides is 1. The van der Waals surface area contributed by atoms with Gasteiger partial charge in [-0.15, -0.1) is 0 Å². The first kappa shape index (κ1) is 29.8. The van der Waals surface area contributed by atoms with Gasteiger partial charge in [-0.1, -0.05) is 27.0 Å². The molecule has 1 aromatic heterocycles. The maximum Gasteiger partial charge on any atom is 0.407 e. The van der Waals surface area contributed by atoms with E-state index in [0.29, 0.717) is 28.7 Å². The second-order valence-corrected chi connectivity index (χ2v) is 11.4. The van der Waals surface area contributed by atoms with Crippen molar-refractivity contribution in [1.82, 2.24) is 15.1 Å². The molecule has 9 nitrogen and oxygen atoms in total. The molecule has 1 aliphatic carbocycles. The third-order valence-electron chi connectivity index (χ3n) is 6.49. The fourth-order valence-electron chi connectivity index (χ4n) is 4.44. The van der Waals surface area contributed by atoms with Crippen molar-refractivity contribution in [1.29, 1.82) is 0 Å². The molecule has 1 aliphatic rings. The lowest BCUT2D eigenvalue weighted by atomic mass is 9.76. The summed E-state index contributed by atoms with van der Waals surface area (Å²) in [5.41, 5.74) is 4.74. The summed E-state index contributed by atoms with van der Waals surface area (Å²) in [6.45, 7) is 18.7. The number of aliphatic imine (C=N–C) groups is 1. The zero-order valence-corrected chi connectivity index (χ0v) is 24.6. The minimum atomic E-state index is -0.565. The summed E-state index contributed by atoms with van der Waals surface area (Å²) in [5, 5.41) is 7.43. The first-order valence-electron chi connectivity index (χ1n) is 13.1. The van der Waals surface area contributed by atoms with Crippen molar-refractivity contribution in [3.8, 4) is 5.75 Å². The van der Waals surface area contributed by atoms with Crippen molar-refractivity contribution in [2.24, 2.45) is 17.5 Å². The molecule has 0 saturated heterocycles. The lowest BCUT2D eigenvalue weighted by Gasteiger charge is -2.29. The lowest BCUT2D eigenvalue weighted by molar-refractivity contribution is 0.0520. The van der Waals surface area contributed by atoms with Gasteiger partial charge in [-0.05, 0) is 63.6 Å². The Hall–Kier alpha value is -3.75. The van der Waals surface area contributed by atoms with Gasteiger partial charge in [0.1, 0.15) is 23.7 Å². The van der Waals surface area contributed by atoms with Gasteiger partial charge < -0.3 is 24.3 Å². The van der Waals surface area contributed by atoms with E-state index in [-0.39, 0.29) is 18.6 Å². The van der Waals surface area contributed by atoms with Gasteiger partial charge in [-0.2, -0.15) is 5.10 Å². The number of alkyl carbamates (subject to hydrolysis) is 1. The fourth-order valence-corrected chi connectivity index (χ4v) is 4.44. The van der Waals surface area contributed by atoms with Crippen LogP contribution in [0.4, 0.5) is 4.79 Å². The molecule has 0 fully saturated rings. The maximum atomic E-state index is 11.9. The molecule has 1 amide bonds. The average molecular weight is 539 g/mol. The Morgan fingerprint density at radius 3 is 2.56 bits per heavy atom. The normalized spacial score (nSPS) is 14.7. The second kappa shape index (κ2) is 12.0. The van der Waals surface area contributed by atoms with Gasteiger partial charge in [-0.3, -0.25) is 4.68 Å². The van der Waals surface area contributed by atoms with Crippen LogP contribution in [0.15, 0.2) is 36.3 Å². The quantitative estimate of drug-likeness (QED) is 0.195. The number of nitrogens with one attached hydrogen (secondary N) is 1. The number of aryl methyl sites for hydroxylation is 1. The summed E-state index contributed by atoms with van der Waals surface area (Å²) in [4.78, 5) is 16.6. The van der Waals surface area contributed by atoms with Crippen molar-refractivity contribution in [3.05, 3.63) is 59.4 Å². The summed E-state index contributed by atoms with van der Waals surface area (Å²) < 4.78 is 24.2. The van der Waals surface area contributed by atoms with Crippen LogP contribution in [-0.2, 0) is 34.1 Å². The van der Waals surface area contributed by atoms with Crippen LogP contribution in [0.2, 0.25) is 0 Å². The minimum absolute atomic E-state index is 0.233. The molecule has 2 aromatic rings. The van der Waals surface area contributed by atoms with Gasteiger partial charge in [0.15, 0.2) is 5.69 Å². The van der Waals surface area contributed by atoms with Gasteiger partial charge in [0.05, 0.1) is 32.0 Å². The first-order chi connectivity index (χ1) is 18.2. The van der Waals surface area contributed by atoms with E-state index in [9.17, 15) is 4.79 Å². The van der Waals surface area contributed by atoms with Gasteiger partial charge in [0, 0.05) is 23.9 Å². The van der Waals surface area contributed by atoms with Crippen LogP contribution < -0.4 is 10.1 Å². The zero-order valence-electron chi connectivity index (χ0n) is 24.6.